The van der Waals surface area contributed by atoms with E-state index < -0.39 is 0 Å². The molecule has 1 aromatic heterocycles. The summed E-state index contributed by atoms with van der Waals surface area (Å²) in [7, 11) is 0. The van der Waals surface area contributed by atoms with E-state index in [1.807, 2.05) is 12.1 Å². The fraction of sp³-hybridized carbons (Fsp3) is 0.333. The lowest BCUT2D eigenvalue weighted by molar-refractivity contribution is 0.200. The van der Waals surface area contributed by atoms with Gasteiger partial charge in [0.05, 0.1) is 10.4 Å². The average Bonchev–Trinajstić information content (AvgIpc) is 2.89. The third-order valence-electron chi connectivity index (χ3n) is 3.64. The Morgan fingerprint density at radius 3 is 2.62 bits per heavy atom. The summed E-state index contributed by atoms with van der Waals surface area (Å²) in [5.41, 5.74) is 1.08. The predicted octanol–water partition coefficient (Wildman–Crippen LogP) is 4.30. The normalized spacial score (nSPS) is 17.9. The molecule has 0 unspecified atom stereocenters. The Kier molecular flexibility index (Phi) is 4.96. The number of rotatable bonds is 3. The molecule has 0 radical (unpaired) electrons. The summed E-state index contributed by atoms with van der Waals surface area (Å²) in [4.78, 5) is 3.60. The van der Waals surface area contributed by atoms with Crippen LogP contribution in [0.4, 0.5) is 4.39 Å². The Hall–Kier alpha value is -0.460. The Morgan fingerprint density at radius 2 is 2.00 bits per heavy atom. The molecule has 1 aliphatic heterocycles. The maximum Gasteiger partial charge on any atom is 0.124 e. The molecule has 1 atom stereocenters. The standard InChI is InChI=1S/C15H15BrClFN2S/c16-12-9-10(18)1-2-11(12)15(13-3-4-14(17)21-13)20-7-5-19-6-8-20/h1-4,9,15,19H,5-8H2/t15-/m1/s1. The number of thiophene rings is 1. The minimum Gasteiger partial charge on any atom is -0.314 e. The van der Waals surface area contributed by atoms with Crippen molar-refractivity contribution in [3.05, 3.63) is 55.4 Å². The monoisotopic (exact) mass is 388 g/mol. The summed E-state index contributed by atoms with van der Waals surface area (Å²) in [6.07, 6.45) is 0. The highest BCUT2D eigenvalue weighted by Gasteiger charge is 2.26. The quantitative estimate of drug-likeness (QED) is 0.842. The first-order chi connectivity index (χ1) is 10.1. The van der Waals surface area contributed by atoms with Gasteiger partial charge in [-0.2, -0.15) is 0 Å². The van der Waals surface area contributed by atoms with Gasteiger partial charge in [0.2, 0.25) is 0 Å². The van der Waals surface area contributed by atoms with Gasteiger partial charge in [0, 0.05) is 35.5 Å². The van der Waals surface area contributed by atoms with Crippen LogP contribution < -0.4 is 5.32 Å². The second-order valence-electron chi connectivity index (χ2n) is 5.00. The molecule has 0 spiro atoms. The van der Waals surface area contributed by atoms with E-state index in [1.165, 1.54) is 17.0 Å². The smallest absolute Gasteiger partial charge is 0.124 e. The van der Waals surface area contributed by atoms with Gasteiger partial charge in [-0.15, -0.1) is 11.3 Å². The summed E-state index contributed by atoms with van der Waals surface area (Å²) >= 11 is 11.2. The van der Waals surface area contributed by atoms with Gasteiger partial charge in [-0.3, -0.25) is 4.90 Å². The van der Waals surface area contributed by atoms with Crippen LogP contribution in [0.5, 0.6) is 0 Å². The molecule has 1 aliphatic rings. The second kappa shape index (κ2) is 6.75. The molecule has 2 nitrogen and oxygen atoms in total. The zero-order chi connectivity index (χ0) is 14.8. The van der Waals surface area contributed by atoms with Gasteiger partial charge in [0.1, 0.15) is 5.82 Å². The van der Waals surface area contributed by atoms with Crippen molar-refractivity contribution in [1.82, 2.24) is 10.2 Å². The van der Waals surface area contributed by atoms with Crippen LogP contribution in [0, 0.1) is 5.82 Å². The number of halogens is 3. The van der Waals surface area contributed by atoms with Crippen LogP contribution in [-0.4, -0.2) is 31.1 Å². The number of nitrogens with zero attached hydrogens (tertiary/aromatic N) is 1. The molecule has 1 fully saturated rings. The summed E-state index contributed by atoms with van der Waals surface area (Å²) in [5, 5.41) is 3.37. The molecule has 2 aromatic rings. The Bertz CT molecular complexity index is 628. The SMILES string of the molecule is Fc1ccc([C@H](c2ccc(Cl)s2)N2CCNCC2)c(Br)c1. The van der Waals surface area contributed by atoms with Crippen LogP contribution in [0.3, 0.4) is 0 Å². The van der Waals surface area contributed by atoms with Crippen LogP contribution in [0.1, 0.15) is 16.5 Å². The van der Waals surface area contributed by atoms with Crippen LogP contribution in [0.15, 0.2) is 34.8 Å². The first kappa shape index (κ1) is 15.4. The van der Waals surface area contributed by atoms with E-state index in [0.717, 1.165) is 40.6 Å². The zero-order valence-corrected chi connectivity index (χ0v) is 14.4. The lowest BCUT2D eigenvalue weighted by atomic mass is 10.0. The van der Waals surface area contributed by atoms with Crippen molar-refractivity contribution in [2.75, 3.05) is 26.2 Å². The highest BCUT2D eigenvalue weighted by molar-refractivity contribution is 9.10. The molecule has 21 heavy (non-hydrogen) atoms. The molecule has 1 saturated heterocycles. The lowest BCUT2D eigenvalue weighted by Gasteiger charge is -2.35. The minimum absolute atomic E-state index is 0.111. The summed E-state index contributed by atoms with van der Waals surface area (Å²) < 4.78 is 15.0. The second-order valence-corrected chi connectivity index (χ2v) is 7.60. The van der Waals surface area contributed by atoms with Gasteiger partial charge in [-0.05, 0) is 29.8 Å². The molecular weight excluding hydrogens is 375 g/mol. The van der Waals surface area contributed by atoms with E-state index in [2.05, 4.69) is 32.2 Å². The summed E-state index contributed by atoms with van der Waals surface area (Å²) in [6.45, 7) is 3.86. The van der Waals surface area contributed by atoms with Gasteiger partial charge in [0.25, 0.3) is 0 Å². The van der Waals surface area contributed by atoms with Gasteiger partial charge < -0.3 is 5.32 Å². The van der Waals surface area contributed by atoms with Crippen LogP contribution in [0.2, 0.25) is 4.34 Å². The highest BCUT2D eigenvalue weighted by atomic mass is 79.9. The first-order valence-corrected chi connectivity index (χ1v) is 8.79. The number of benzene rings is 1. The topological polar surface area (TPSA) is 15.3 Å². The maximum atomic E-state index is 13.4. The molecule has 1 aromatic carbocycles. The van der Waals surface area contributed by atoms with Crippen molar-refractivity contribution >= 4 is 38.9 Å². The van der Waals surface area contributed by atoms with E-state index >= 15 is 0 Å². The summed E-state index contributed by atoms with van der Waals surface area (Å²) in [5.74, 6) is -0.228. The number of nitrogens with one attached hydrogen (secondary N) is 1. The number of piperazine rings is 1. The molecule has 0 amide bonds. The van der Waals surface area contributed by atoms with Gasteiger partial charge in [-0.25, -0.2) is 4.39 Å². The lowest BCUT2D eigenvalue weighted by Crippen LogP contribution is -2.45. The van der Waals surface area contributed by atoms with Crippen molar-refractivity contribution in [2.24, 2.45) is 0 Å². The van der Waals surface area contributed by atoms with Gasteiger partial charge in [-0.1, -0.05) is 33.6 Å². The molecule has 112 valence electrons. The molecule has 3 rings (SSSR count). The van der Waals surface area contributed by atoms with Gasteiger partial charge in [0.15, 0.2) is 0 Å². The molecule has 0 saturated carbocycles. The Morgan fingerprint density at radius 1 is 1.24 bits per heavy atom. The van der Waals surface area contributed by atoms with E-state index in [0.29, 0.717) is 0 Å². The Labute approximate surface area is 141 Å². The third-order valence-corrected chi connectivity index (χ3v) is 5.61. The zero-order valence-electron chi connectivity index (χ0n) is 11.3. The van der Waals surface area contributed by atoms with Crippen molar-refractivity contribution in [3.8, 4) is 0 Å². The number of hydrogen-bond acceptors (Lipinski definition) is 3. The van der Waals surface area contributed by atoms with E-state index in [-0.39, 0.29) is 11.9 Å². The van der Waals surface area contributed by atoms with Crippen molar-refractivity contribution in [1.29, 1.82) is 0 Å². The fourth-order valence-electron chi connectivity index (χ4n) is 2.67. The largest absolute Gasteiger partial charge is 0.314 e. The Balaban J connectivity index is 2.02. The van der Waals surface area contributed by atoms with Crippen LogP contribution in [-0.2, 0) is 0 Å². The fourth-order valence-corrected chi connectivity index (χ4v) is 4.45. The molecule has 2 heterocycles. The van der Waals surface area contributed by atoms with Crippen LogP contribution in [0.25, 0.3) is 0 Å². The molecule has 0 bridgehead atoms. The van der Waals surface area contributed by atoms with Gasteiger partial charge >= 0.3 is 0 Å². The first-order valence-electron chi connectivity index (χ1n) is 6.80. The van der Waals surface area contributed by atoms with E-state index in [4.69, 9.17) is 11.6 Å². The van der Waals surface area contributed by atoms with E-state index in [1.54, 1.807) is 11.3 Å². The molecular formula is C15H15BrClFN2S. The van der Waals surface area contributed by atoms with Crippen LogP contribution >= 0.6 is 38.9 Å². The van der Waals surface area contributed by atoms with Crippen molar-refractivity contribution in [2.45, 2.75) is 6.04 Å². The predicted molar refractivity (Wildman–Crippen MR) is 89.7 cm³/mol. The maximum absolute atomic E-state index is 13.4. The highest BCUT2D eigenvalue weighted by Crippen LogP contribution is 2.38. The third kappa shape index (κ3) is 3.48. The molecule has 0 aliphatic carbocycles. The van der Waals surface area contributed by atoms with Crippen molar-refractivity contribution in [3.63, 3.8) is 0 Å². The average molecular weight is 390 g/mol. The molecule has 6 heteroatoms. The summed E-state index contributed by atoms with van der Waals surface area (Å²) in [6, 6.07) is 9.01. The number of hydrogen-bond donors (Lipinski definition) is 1. The van der Waals surface area contributed by atoms with E-state index in [9.17, 15) is 4.39 Å². The minimum atomic E-state index is -0.228. The molecule has 1 N–H and O–H groups in total. The van der Waals surface area contributed by atoms with Crippen molar-refractivity contribution < 1.29 is 4.39 Å².